The van der Waals surface area contributed by atoms with Crippen LogP contribution in [0.2, 0.25) is 0 Å². The van der Waals surface area contributed by atoms with Crippen LogP contribution < -0.4 is 10.6 Å². The molecule has 24 heavy (non-hydrogen) atoms. The van der Waals surface area contributed by atoms with Gasteiger partial charge in [0, 0.05) is 24.3 Å². The lowest BCUT2D eigenvalue weighted by Crippen LogP contribution is -2.35. The maximum atomic E-state index is 11.9. The maximum Gasteiger partial charge on any atom is 0.319 e. The third-order valence-corrected chi connectivity index (χ3v) is 4.45. The molecule has 0 radical (unpaired) electrons. The van der Waals surface area contributed by atoms with Crippen molar-refractivity contribution in [2.45, 2.75) is 39.5 Å². The summed E-state index contributed by atoms with van der Waals surface area (Å²) >= 11 is 0. The molecule has 1 aliphatic heterocycles. The van der Waals surface area contributed by atoms with Crippen molar-refractivity contribution < 1.29 is 9.59 Å². The van der Waals surface area contributed by atoms with Crippen LogP contribution in [0, 0.1) is 5.92 Å². The number of benzene rings is 1. The Morgan fingerprint density at radius 1 is 1.29 bits per heavy atom. The van der Waals surface area contributed by atoms with Crippen molar-refractivity contribution in [3.05, 3.63) is 29.8 Å². The van der Waals surface area contributed by atoms with Crippen molar-refractivity contribution in [2.24, 2.45) is 5.92 Å². The van der Waals surface area contributed by atoms with Gasteiger partial charge in [0.2, 0.25) is 0 Å². The first-order valence-electron chi connectivity index (χ1n) is 8.93. The van der Waals surface area contributed by atoms with E-state index in [1.807, 2.05) is 0 Å². The zero-order valence-corrected chi connectivity index (χ0v) is 14.8. The van der Waals surface area contributed by atoms with E-state index in [1.165, 1.54) is 32.9 Å². The summed E-state index contributed by atoms with van der Waals surface area (Å²) in [5.41, 5.74) is 1.24. The number of nitrogens with one attached hydrogen (secondary N) is 2. The predicted molar refractivity (Wildman–Crippen MR) is 97.5 cm³/mol. The first-order valence-corrected chi connectivity index (χ1v) is 8.93. The largest absolute Gasteiger partial charge is 0.338 e. The lowest BCUT2D eigenvalue weighted by Gasteiger charge is -2.30. The number of piperidine rings is 1. The number of urea groups is 1. The zero-order valence-electron chi connectivity index (χ0n) is 14.8. The molecule has 0 aromatic heterocycles. The van der Waals surface area contributed by atoms with Crippen LogP contribution in [0.25, 0.3) is 0 Å². The van der Waals surface area contributed by atoms with Crippen LogP contribution in [0.3, 0.4) is 0 Å². The van der Waals surface area contributed by atoms with Crippen molar-refractivity contribution in [3.63, 3.8) is 0 Å². The smallest absolute Gasteiger partial charge is 0.319 e. The second kappa shape index (κ2) is 9.42. The van der Waals surface area contributed by atoms with Crippen LogP contribution in [0.1, 0.15) is 49.9 Å². The lowest BCUT2D eigenvalue weighted by molar-refractivity contribution is 0.101. The van der Waals surface area contributed by atoms with E-state index in [0.717, 1.165) is 25.3 Å². The molecule has 1 unspecified atom stereocenters. The molecule has 0 spiro atoms. The van der Waals surface area contributed by atoms with E-state index in [2.05, 4.69) is 22.5 Å². The van der Waals surface area contributed by atoms with Gasteiger partial charge in [0.15, 0.2) is 5.78 Å². The summed E-state index contributed by atoms with van der Waals surface area (Å²) in [7, 11) is 0. The number of amides is 2. The molecule has 1 aromatic rings. The van der Waals surface area contributed by atoms with E-state index < -0.39 is 0 Å². The molecule has 1 aromatic carbocycles. The zero-order chi connectivity index (χ0) is 17.4. The predicted octanol–water partition coefficient (Wildman–Crippen LogP) is 3.52. The van der Waals surface area contributed by atoms with Crippen molar-refractivity contribution in [2.75, 3.05) is 31.5 Å². The minimum atomic E-state index is -0.220. The van der Waals surface area contributed by atoms with Crippen molar-refractivity contribution in [3.8, 4) is 0 Å². The van der Waals surface area contributed by atoms with E-state index in [0.29, 0.717) is 17.8 Å². The Hall–Kier alpha value is -1.88. The van der Waals surface area contributed by atoms with E-state index in [1.54, 1.807) is 24.3 Å². The Bertz CT molecular complexity index is 559. The number of hydrogen-bond donors (Lipinski definition) is 2. The Morgan fingerprint density at radius 3 is 2.88 bits per heavy atom. The Kier molecular flexibility index (Phi) is 7.25. The number of ketones is 1. The highest BCUT2D eigenvalue weighted by Gasteiger charge is 2.15. The van der Waals surface area contributed by atoms with Crippen LogP contribution in [0.5, 0.6) is 0 Å². The fraction of sp³-hybridized carbons (Fsp3) is 0.579. The number of hydrogen-bond acceptors (Lipinski definition) is 3. The molecule has 0 bridgehead atoms. The van der Waals surface area contributed by atoms with Gasteiger partial charge in [-0.25, -0.2) is 4.79 Å². The van der Waals surface area contributed by atoms with Gasteiger partial charge in [-0.05, 0) is 63.7 Å². The number of rotatable bonds is 7. The van der Waals surface area contributed by atoms with Gasteiger partial charge in [-0.1, -0.05) is 19.1 Å². The van der Waals surface area contributed by atoms with Crippen molar-refractivity contribution in [1.29, 1.82) is 0 Å². The van der Waals surface area contributed by atoms with Gasteiger partial charge in [-0.3, -0.25) is 4.79 Å². The number of carbonyl (C=O) groups excluding carboxylic acids is 2. The van der Waals surface area contributed by atoms with E-state index in [-0.39, 0.29) is 11.8 Å². The molecule has 5 nitrogen and oxygen atoms in total. The summed E-state index contributed by atoms with van der Waals surface area (Å²) in [5, 5.41) is 5.64. The van der Waals surface area contributed by atoms with E-state index >= 15 is 0 Å². The van der Waals surface area contributed by atoms with Gasteiger partial charge >= 0.3 is 6.03 Å². The fourth-order valence-corrected chi connectivity index (χ4v) is 3.14. The maximum absolute atomic E-state index is 11.9. The number of likely N-dealkylation sites (tertiary alicyclic amines) is 1. The summed E-state index contributed by atoms with van der Waals surface area (Å²) in [6.45, 7) is 8.04. The van der Waals surface area contributed by atoms with Crippen molar-refractivity contribution in [1.82, 2.24) is 10.2 Å². The Labute approximate surface area is 144 Å². The van der Waals surface area contributed by atoms with Gasteiger partial charge in [0.25, 0.3) is 0 Å². The number of unbranched alkanes of at least 4 members (excludes halogenated alkanes) is 1. The number of nitrogens with zero attached hydrogens (tertiary/aromatic N) is 1. The molecule has 0 aliphatic carbocycles. The van der Waals surface area contributed by atoms with Crippen LogP contribution in [0.4, 0.5) is 10.5 Å². The third-order valence-electron chi connectivity index (χ3n) is 4.45. The summed E-state index contributed by atoms with van der Waals surface area (Å²) in [6, 6.07) is 6.77. The number of Topliss-reactive ketones (excluding diaryl/α,β-unsaturated/α-hetero) is 1. The van der Waals surface area contributed by atoms with Gasteiger partial charge < -0.3 is 15.5 Å². The topological polar surface area (TPSA) is 61.4 Å². The summed E-state index contributed by atoms with van der Waals surface area (Å²) in [4.78, 5) is 25.8. The van der Waals surface area contributed by atoms with Crippen LogP contribution in [0.15, 0.2) is 24.3 Å². The average Bonchev–Trinajstić information content (AvgIpc) is 2.55. The molecular formula is C19H29N3O2. The van der Waals surface area contributed by atoms with Gasteiger partial charge in [-0.15, -0.1) is 0 Å². The van der Waals surface area contributed by atoms with Crippen LogP contribution in [-0.4, -0.2) is 42.9 Å². The van der Waals surface area contributed by atoms with Gasteiger partial charge in [-0.2, -0.15) is 0 Å². The standard InChI is InChI=1S/C19H29N3O2/c1-15-7-6-12-22(14-15)11-4-3-10-20-19(24)21-18-9-5-8-17(13-18)16(2)23/h5,8-9,13,15H,3-4,6-7,10-12,14H2,1-2H3,(H2,20,21,24). The monoisotopic (exact) mass is 331 g/mol. The molecule has 1 aliphatic rings. The summed E-state index contributed by atoms with van der Waals surface area (Å²) in [5.74, 6) is 0.805. The van der Waals surface area contributed by atoms with E-state index in [4.69, 9.17) is 0 Å². The SMILES string of the molecule is CC(=O)c1cccc(NC(=O)NCCCCN2CCCC(C)C2)c1. The van der Waals surface area contributed by atoms with Gasteiger partial charge in [0.1, 0.15) is 0 Å². The molecule has 2 N–H and O–H groups in total. The minimum absolute atomic E-state index is 0.00825. The highest BCUT2D eigenvalue weighted by atomic mass is 16.2. The number of anilines is 1. The first-order chi connectivity index (χ1) is 11.5. The molecule has 2 amide bonds. The molecular weight excluding hydrogens is 302 g/mol. The molecule has 1 saturated heterocycles. The van der Waals surface area contributed by atoms with E-state index in [9.17, 15) is 9.59 Å². The quantitative estimate of drug-likeness (QED) is 0.593. The second-order valence-corrected chi connectivity index (χ2v) is 6.77. The highest BCUT2D eigenvalue weighted by molar-refractivity contribution is 5.96. The lowest BCUT2D eigenvalue weighted by atomic mass is 10.0. The Morgan fingerprint density at radius 2 is 2.12 bits per heavy atom. The minimum Gasteiger partial charge on any atom is -0.338 e. The second-order valence-electron chi connectivity index (χ2n) is 6.77. The summed E-state index contributed by atoms with van der Waals surface area (Å²) in [6.07, 6.45) is 4.74. The summed E-state index contributed by atoms with van der Waals surface area (Å²) < 4.78 is 0. The molecule has 5 heteroatoms. The highest BCUT2D eigenvalue weighted by Crippen LogP contribution is 2.15. The van der Waals surface area contributed by atoms with Crippen LogP contribution >= 0.6 is 0 Å². The average molecular weight is 331 g/mol. The molecule has 0 saturated carbocycles. The normalized spacial score (nSPS) is 18.2. The molecule has 1 fully saturated rings. The van der Waals surface area contributed by atoms with Gasteiger partial charge in [0.05, 0.1) is 0 Å². The fourth-order valence-electron chi connectivity index (χ4n) is 3.14. The van der Waals surface area contributed by atoms with Crippen molar-refractivity contribution >= 4 is 17.5 Å². The van der Waals surface area contributed by atoms with Crippen LogP contribution in [-0.2, 0) is 0 Å². The molecule has 2 rings (SSSR count). The first kappa shape index (κ1) is 18.5. The Balaban J connectivity index is 1.61. The molecule has 1 atom stereocenters. The molecule has 132 valence electrons. The molecule has 1 heterocycles. The number of carbonyl (C=O) groups is 2. The third kappa shape index (κ3) is 6.32.